The maximum absolute atomic E-state index is 2.57. The molecule has 0 bridgehead atoms. The zero-order valence-electron chi connectivity index (χ0n) is 51.9. The van der Waals surface area contributed by atoms with Crippen LogP contribution in [0, 0.1) is 0 Å². The lowest BCUT2D eigenvalue weighted by molar-refractivity contribution is 0.574. The maximum Gasteiger partial charge on any atom is 0.0620 e. The highest BCUT2D eigenvalue weighted by Crippen LogP contribution is 2.47. The summed E-state index contributed by atoms with van der Waals surface area (Å²) in [6.07, 6.45) is 2.20. The molecule has 18 aromatic rings. The Balaban J connectivity index is 0.692. The first kappa shape index (κ1) is 52.8. The lowest BCUT2D eigenvalue weighted by Gasteiger charge is -2.17. The largest absolute Gasteiger partial charge is 0.308 e. The van der Waals surface area contributed by atoms with Crippen LogP contribution in [-0.4, -0.2) is 8.80 Å². The molecule has 4 aromatic heterocycles. The smallest absolute Gasteiger partial charge is 0.0620 e. The van der Waals surface area contributed by atoms with E-state index in [1.54, 1.807) is 0 Å². The lowest BCUT2D eigenvalue weighted by Crippen LogP contribution is -1.99. The maximum atomic E-state index is 2.57. The van der Waals surface area contributed by atoms with Gasteiger partial charge in [0.15, 0.2) is 0 Å². The minimum atomic E-state index is 0.395. The van der Waals surface area contributed by atoms with Crippen LogP contribution in [0.15, 0.2) is 255 Å². The summed E-state index contributed by atoms with van der Waals surface area (Å²) in [7, 11) is 0. The van der Waals surface area contributed by atoms with Gasteiger partial charge in [0.25, 0.3) is 0 Å². The first-order valence-corrected chi connectivity index (χ1v) is 32.6. The summed E-state index contributed by atoms with van der Waals surface area (Å²) in [6, 6.07) is 98.0. The van der Waals surface area contributed by atoms with Crippen molar-refractivity contribution >= 4 is 119 Å². The van der Waals surface area contributed by atoms with Crippen LogP contribution < -0.4 is 0 Å². The first-order chi connectivity index (χ1) is 44.0. The summed E-state index contributed by atoms with van der Waals surface area (Å²) >= 11 is 0. The highest BCUT2D eigenvalue weighted by atomic mass is 14.9. The molecule has 0 amide bonds. The van der Waals surface area contributed by atoms with E-state index in [-0.39, 0.29) is 0 Å². The van der Waals surface area contributed by atoms with Crippen molar-refractivity contribution in [1.82, 2.24) is 8.80 Å². The monoisotopic (exact) mass is 1150 g/mol. The van der Waals surface area contributed by atoms with E-state index in [0.29, 0.717) is 23.7 Å². The second-order valence-electron chi connectivity index (χ2n) is 27.0. The zero-order valence-corrected chi connectivity index (χ0v) is 51.9. The van der Waals surface area contributed by atoms with Crippen LogP contribution in [0.2, 0.25) is 0 Å². The van der Waals surface area contributed by atoms with Crippen LogP contribution in [0.1, 0.15) is 100 Å². The fraction of sp³-hybridized carbons (Fsp3) is 0.136. The van der Waals surface area contributed by atoms with Crippen molar-refractivity contribution in [2.24, 2.45) is 0 Å². The van der Waals surface area contributed by atoms with Gasteiger partial charge in [-0.2, -0.15) is 0 Å². The van der Waals surface area contributed by atoms with E-state index in [9.17, 15) is 0 Å². The van der Waals surface area contributed by atoms with Crippen molar-refractivity contribution < 1.29 is 0 Å². The highest BCUT2D eigenvalue weighted by molar-refractivity contribution is 6.29. The minimum absolute atomic E-state index is 0.395. The highest BCUT2D eigenvalue weighted by Gasteiger charge is 2.24. The molecule has 90 heavy (non-hydrogen) atoms. The Kier molecular flexibility index (Phi) is 11.8. The van der Waals surface area contributed by atoms with Crippen LogP contribution in [0.5, 0.6) is 0 Å². The molecule has 0 aliphatic heterocycles. The van der Waals surface area contributed by atoms with E-state index in [0.717, 1.165) is 12.8 Å². The number of aromatic nitrogens is 2. The molecule has 0 N–H and O–H groups in total. The van der Waals surface area contributed by atoms with Gasteiger partial charge in [-0.25, -0.2) is 0 Å². The third-order valence-electron chi connectivity index (χ3n) is 20.8. The third-order valence-corrected chi connectivity index (χ3v) is 20.8. The van der Waals surface area contributed by atoms with Gasteiger partial charge in [-0.3, -0.25) is 0 Å². The summed E-state index contributed by atoms with van der Waals surface area (Å²) in [5, 5.41) is 20.8. The standard InChI is InChI=1S/C88H68N2/c1-51(2)59-26-30-65-47-83-75(39-69(65)34-59)79-43-73(58-24-22-57(23-25-58)55-14-9-7-10-15-55)44-80-77-41-71-36-61(28-32-67(71)49-85(77)89(83)87(79)80)53(5)20-21-54(6)62-29-33-68-50-86-78(42-72(68)37-62)82-46-74(64-19-13-18-63(38-64)56-16-11-8-12-17-56)45-81-76-40-70-35-60(52(3)4)27-31-66(70)48-84(76)90(86)88(81)82/h7-19,22-54H,20-21H2,1-6H3. The third kappa shape index (κ3) is 8.30. The molecule has 0 spiro atoms. The molecule has 2 nitrogen and oxygen atoms in total. The van der Waals surface area contributed by atoms with Crippen molar-refractivity contribution in [3.63, 3.8) is 0 Å². The van der Waals surface area contributed by atoms with Gasteiger partial charge in [0, 0.05) is 43.1 Å². The molecule has 0 saturated heterocycles. The van der Waals surface area contributed by atoms with Gasteiger partial charge in [-0.05, 0) is 225 Å². The minimum Gasteiger partial charge on any atom is -0.308 e. The molecule has 0 saturated carbocycles. The summed E-state index contributed by atoms with van der Waals surface area (Å²) in [6.45, 7) is 14.0. The van der Waals surface area contributed by atoms with E-state index in [1.165, 1.54) is 186 Å². The van der Waals surface area contributed by atoms with Crippen LogP contribution in [0.4, 0.5) is 0 Å². The fourth-order valence-electron chi connectivity index (χ4n) is 15.6. The Hall–Kier alpha value is -10.3. The quantitative estimate of drug-likeness (QED) is 0.122. The number of hydrogen-bond donors (Lipinski definition) is 0. The normalized spacial score (nSPS) is 13.2. The predicted octanol–water partition coefficient (Wildman–Crippen LogP) is 25.2. The molecule has 14 aromatic carbocycles. The van der Waals surface area contributed by atoms with Gasteiger partial charge in [0.05, 0.1) is 33.1 Å². The summed E-state index contributed by atoms with van der Waals surface area (Å²) in [5.41, 5.74) is 23.1. The number of hydrogen-bond acceptors (Lipinski definition) is 0. The molecule has 2 heteroatoms. The van der Waals surface area contributed by atoms with E-state index >= 15 is 0 Å². The van der Waals surface area contributed by atoms with Crippen molar-refractivity contribution in [3.8, 4) is 44.5 Å². The number of rotatable bonds is 11. The van der Waals surface area contributed by atoms with E-state index in [2.05, 4.69) is 305 Å². The van der Waals surface area contributed by atoms with Gasteiger partial charge < -0.3 is 8.80 Å². The zero-order chi connectivity index (χ0) is 60.2. The SMILES string of the molecule is CC(C)c1ccc2cc3c(cc2c1)c1cc(-c2ccc(-c4ccccc4)cc2)cc2c4cc5cc(C(C)CCC(C)c6ccc7cc8c(cc7c6)c6cc(-c7cccc(-c9ccccc9)c7)cc7c9cc%10cc(C(C)C)ccc%10cc9n8c76)ccc5cc4n3c12. The van der Waals surface area contributed by atoms with E-state index < -0.39 is 0 Å². The summed E-state index contributed by atoms with van der Waals surface area (Å²) in [5.74, 6) is 1.72. The van der Waals surface area contributed by atoms with E-state index in [1.807, 2.05) is 0 Å². The van der Waals surface area contributed by atoms with Crippen molar-refractivity contribution in [3.05, 3.63) is 277 Å². The molecule has 0 aliphatic rings. The average Bonchev–Trinajstić information content (AvgIpc) is 1.55. The van der Waals surface area contributed by atoms with Crippen molar-refractivity contribution in [2.75, 3.05) is 0 Å². The molecule has 18 rings (SSSR count). The Morgan fingerprint density at radius 1 is 0.222 bits per heavy atom. The summed E-state index contributed by atoms with van der Waals surface area (Å²) in [4.78, 5) is 0. The van der Waals surface area contributed by atoms with Crippen LogP contribution in [0.25, 0.3) is 164 Å². The summed E-state index contributed by atoms with van der Waals surface area (Å²) < 4.78 is 5.14. The van der Waals surface area contributed by atoms with Crippen LogP contribution >= 0.6 is 0 Å². The second kappa shape index (κ2) is 20.1. The second-order valence-corrected chi connectivity index (χ2v) is 27.0. The molecular weight excluding hydrogens is 1080 g/mol. The van der Waals surface area contributed by atoms with Crippen molar-refractivity contribution in [1.29, 1.82) is 0 Å². The Labute approximate surface area is 524 Å². The molecule has 0 radical (unpaired) electrons. The Morgan fingerprint density at radius 2 is 0.522 bits per heavy atom. The number of nitrogens with zero attached hydrogens (tertiary/aromatic N) is 2. The van der Waals surface area contributed by atoms with Gasteiger partial charge in [-0.15, -0.1) is 0 Å². The first-order valence-electron chi connectivity index (χ1n) is 32.6. The predicted molar refractivity (Wildman–Crippen MR) is 388 cm³/mol. The van der Waals surface area contributed by atoms with Gasteiger partial charge in [0.2, 0.25) is 0 Å². The topological polar surface area (TPSA) is 8.82 Å². The number of fused-ring (bicyclic) bond motifs is 16. The van der Waals surface area contributed by atoms with Crippen LogP contribution in [-0.2, 0) is 0 Å². The fourth-order valence-corrected chi connectivity index (χ4v) is 15.6. The number of benzene rings is 14. The Morgan fingerprint density at radius 3 is 0.900 bits per heavy atom. The molecular formula is C88H68N2. The lowest BCUT2D eigenvalue weighted by atomic mass is 9.87. The molecule has 0 fully saturated rings. The van der Waals surface area contributed by atoms with Gasteiger partial charge in [-0.1, -0.05) is 217 Å². The van der Waals surface area contributed by atoms with E-state index in [4.69, 9.17) is 0 Å². The molecule has 2 unspecified atom stereocenters. The molecule has 0 aliphatic carbocycles. The molecule has 2 atom stereocenters. The van der Waals surface area contributed by atoms with Gasteiger partial charge in [0.1, 0.15) is 0 Å². The molecule has 4 heterocycles. The molecule has 430 valence electrons. The Bertz CT molecular complexity index is 5920. The average molecular weight is 1150 g/mol. The van der Waals surface area contributed by atoms with Crippen molar-refractivity contribution in [2.45, 2.75) is 78.1 Å². The van der Waals surface area contributed by atoms with Crippen LogP contribution in [0.3, 0.4) is 0 Å². The van der Waals surface area contributed by atoms with Gasteiger partial charge >= 0.3 is 0 Å².